The summed E-state index contributed by atoms with van der Waals surface area (Å²) in [7, 11) is 0. The minimum atomic E-state index is -0.752. The number of benzene rings is 1. The fourth-order valence-corrected chi connectivity index (χ4v) is 4.20. The Morgan fingerprint density at radius 3 is 2.91 bits per heavy atom. The van der Waals surface area contributed by atoms with Crippen molar-refractivity contribution < 1.29 is 24.1 Å². The number of hydrazine groups is 1. The molecule has 2 aliphatic rings. The number of carbonyl (C=O) groups excluding carboxylic acids is 1. The van der Waals surface area contributed by atoms with Gasteiger partial charge in [-0.3, -0.25) is 4.98 Å². The van der Waals surface area contributed by atoms with E-state index in [4.69, 9.17) is 25.9 Å². The van der Waals surface area contributed by atoms with Crippen LogP contribution in [-0.2, 0) is 21.0 Å². The summed E-state index contributed by atoms with van der Waals surface area (Å²) in [4.78, 5) is 23.1. The number of carbonyl (C=O) groups is 1. The molecule has 0 N–H and O–H groups in total. The number of aryl methyl sites for hydroxylation is 1. The molecule has 1 aromatic heterocycles. The van der Waals surface area contributed by atoms with Gasteiger partial charge in [-0.05, 0) is 43.4 Å². The van der Waals surface area contributed by atoms with Crippen LogP contribution < -0.4 is 4.74 Å². The van der Waals surface area contributed by atoms with Gasteiger partial charge in [0.05, 0.1) is 23.8 Å². The van der Waals surface area contributed by atoms with E-state index < -0.39 is 12.0 Å². The van der Waals surface area contributed by atoms with Gasteiger partial charge in [-0.1, -0.05) is 44.0 Å². The highest BCUT2D eigenvalue weighted by atomic mass is 35.5. The van der Waals surface area contributed by atoms with Crippen molar-refractivity contribution >= 4 is 17.6 Å². The monoisotopic (exact) mass is 488 g/mol. The van der Waals surface area contributed by atoms with Crippen molar-refractivity contribution in [2.24, 2.45) is 11.2 Å². The Balaban J connectivity index is 1.50. The smallest absolute Gasteiger partial charge is 0.340 e. The van der Waals surface area contributed by atoms with Gasteiger partial charge in [0.25, 0.3) is 0 Å². The van der Waals surface area contributed by atoms with Gasteiger partial charge in [0, 0.05) is 22.3 Å². The van der Waals surface area contributed by atoms with Crippen molar-refractivity contribution in [2.45, 2.75) is 58.8 Å². The van der Waals surface area contributed by atoms with Crippen LogP contribution in [0.1, 0.15) is 61.6 Å². The maximum atomic E-state index is 13.1. The minimum absolute atomic E-state index is 0.283. The van der Waals surface area contributed by atoms with E-state index >= 15 is 0 Å². The molecule has 3 heterocycles. The summed E-state index contributed by atoms with van der Waals surface area (Å²) < 4.78 is 11.8. The summed E-state index contributed by atoms with van der Waals surface area (Å²) in [5, 5.41) is 18.0. The highest BCUT2D eigenvalue weighted by Gasteiger charge is 2.40. The molecular formula is C24H29ClN4O5. The SMILES string of the molecule is CC[C@H](C)CON=[N+]([O-])N1CCC[C@H]1C(=O)Oc1c(C)ncc2c1CO[C@H]2c1ccc(Cl)cc1. The third kappa shape index (κ3) is 5.10. The van der Waals surface area contributed by atoms with Crippen LogP contribution in [0.2, 0.25) is 5.02 Å². The average Bonchev–Trinajstić information content (AvgIpc) is 3.49. The van der Waals surface area contributed by atoms with Crippen molar-refractivity contribution in [2.75, 3.05) is 13.2 Å². The zero-order valence-corrected chi connectivity index (χ0v) is 20.3. The number of rotatable bonds is 8. The zero-order chi connectivity index (χ0) is 24.2. The van der Waals surface area contributed by atoms with Crippen molar-refractivity contribution in [1.82, 2.24) is 9.99 Å². The van der Waals surface area contributed by atoms with Crippen LogP contribution in [0.15, 0.2) is 35.7 Å². The topological polar surface area (TPSA) is 99.3 Å². The van der Waals surface area contributed by atoms with Crippen LogP contribution in [0.3, 0.4) is 0 Å². The summed E-state index contributed by atoms with van der Waals surface area (Å²) in [6, 6.07) is 6.67. The third-order valence-corrected chi connectivity index (χ3v) is 6.55. The molecule has 0 spiro atoms. The summed E-state index contributed by atoms with van der Waals surface area (Å²) in [6.07, 6.45) is 3.52. The molecule has 9 nitrogen and oxygen atoms in total. The molecule has 4 rings (SSSR count). The highest BCUT2D eigenvalue weighted by molar-refractivity contribution is 6.30. The largest absolute Gasteiger partial charge is 0.569 e. The van der Waals surface area contributed by atoms with Gasteiger partial charge >= 0.3 is 5.97 Å². The standard InChI is InChI=1S/C24H29ClN4O5/c1-4-15(2)13-33-27-29(31)28-11-5-6-21(28)24(30)34-22-16(3)26-12-19-20(22)14-32-23(19)17-7-9-18(25)10-8-17/h7-10,12,15,21,23H,4-6,11,13-14H2,1-3H3/t15-,21-,23-/m0/s1. The summed E-state index contributed by atoms with van der Waals surface area (Å²) in [5.74, 6) is 0.142. The maximum absolute atomic E-state index is 13.1. The molecule has 0 aliphatic carbocycles. The minimum Gasteiger partial charge on any atom is -0.569 e. The molecule has 0 unspecified atom stereocenters. The molecule has 3 atom stereocenters. The predicted molar refractivity (Wildman–Crippen MR) is 124 cm³/mol. The summed E-state index contributed by atoms with van der Waals surface area (Å²) >= 11 is 6.01. The molecule has 0 bridgehead atoms. The third-order valence-electron chi connectivity index (χ3n) is 6.30. The second-order valence-corrected chi connectivity index (χ2v) is 9.17. The lowest BCUT2D eigenvalue weighted by molar-refractivity contribution is -0.712. The second kappa shape index (κ2) is 10.6. The molecule has 0 amide bonds. The van der Waals surface area contributed by atoms with E-state index in [9.17, 15) is 10.0 Å². The zero-order valence-electron chi connectivity index (χ0n) is 19.6. The van der Waals surface area contributed by atoms with Crippen LogP contribution in [0.4, 0.5) is 0 Å². The average molecular weight is 489 g/mol. The van der Waals surface area contributed by atoms with Crippen LogP contribution in [-0.4, -0.2) is 40.1 Å². The van der Waals surface area contributed by atoms with E-state index in [0.717, 1.165) is 23.1 Å². The maximum Gasteiger partial charge on any atom is 0.340 e. The lowest BCUT2D eigenvalue weighted by Crippen LogP contribution is -2.42. The van der Waals surface area contributed by atoms with Crippen LogP contribution in [0.5, 0.6) is 5.75 Å². The summed E-state index contributed by atoms with van der Waals surface area (Å²) in [5.41, 5.74) is 3.15. The van der Waals surface area contributed by atoms with Gasteiger partial charge < -0.3 is 19.5 Å². The first-order valence-corrected chi connectivity index (χ1v) is 11.9. The molecule has 0 radical (unpaired) electrons. The van der Waals surface area contributed by atoms with Crippen molar-refractivity contribution in [3.63, 3.8) is 0 Å². The van der Waals surface area contributed by atoms with Crippen molar-refractivity contribution in [1.29, 1.82) is 0 Å². The second-order valence-electron chi connectivity index (χ2n) is 8.73. The molecule has 0 saturated carbocycles. The Bertz CT molecular complexity index is 1060. The molecule has 2 aliphatic heterocycles. The molecule has 34 heavy (non-hydrogen) atoms. The van der Waals surface area contributed by atoms with Gasteiger partial charge in [0.15, 0.2) is 11.8 Å². The van der Waals surface area contributed by atoms with Crippen LogP contribution in [0, 0.1) is 18.0 Å². The highest BCUT2D eigenvalue weighted by Crippen LogP contribution is 2.41. The Morgan fingerprint density at radius 1 is 1.41 bits per heavy atom. The van der Waals surface area contributed by atoms with E-state index in [-0.39, 0.29) is 18.6 Å². The Morgan fingerprint density at radius 2 is 2.18 bits per heavy atom. The molecule has 10 heteroatoms. The van der Waals surface area contributed by atoms with Crippen LogP contribution >= 0.6 is 11.6 Å². The number of pyridine rings is 1. The number of aromatic nitrogens is 1. The van der Waals surface area contributed by atoms with Gasteiger partial charge in [0.1, 0.15) is 12.7 Å². The van der Waals surface area contributed by atoms with Gasteiger partial charge in [0.2, 0.25) is 5.28 Å². The quantitative estimate of drug-likeness (QED) is 0.226. The van der Waals surface area contributed by atoms with E-state index in [1.54, 1.807) is 13.1 Å². The number of fused-ring (bicyclic) bond motifs is 1. The van der Waals surface area contributed by atoms with Crippen molar-refractivity contribution in [3.8, 4) is 5.75 Å². The van der Waals surface area contributed by atoms with Gasteiger partial charge in [-0.2, -0.15) is 0 Å². The molecule has 1 fully saturated rings. The predicted octanol–water partition coefficient (Wildman–Crippen LogP) is 4.89. The fourth-order valence-electron chi connectivity index (χ4n) is 4.07. The number of halogens is 1. The molecule has 2 aromatic rings. The summed E-state index contributed by atoms with van der Waals surface area (Å²) in [6.45, 7) is 6.85. The van der Waals surface area contributed by atoms with E-state index in [0.29, 0.717) is 47.4 Å². The Labute approximate surface area is 203 Å². The Hall–Kier alpha value is -2.91. The molecular weight excluding hydrogens is 460 g/mol. The van der Waals surface area contributed by atoms with Gasteiger partial charge in [-0.15, -0.1) is 5.01 Å². The molecule has 1 aromatic carbocycles. The number of nitrogens with zero attached hydrogens (tertiary/aromatic N) is 4. The first kappa shape index (κ1) is 24.2. The fraction of sp³-hybridized carbons (Fsp3) is 0.500. The first-order chi connectivity index (χ1) is 16.4. The number of esters is 1. The van der Waals surface area contributed by atoms with Crippen LogP contribution in [0.25, 0.3) is 0 Å². The first-order valence-electron chi connectivity index (χ1n) is 11.5. The van der Waals surface area contributed by atoms with E-state index in [1.165, 1.54) is 5.01 Å². The van der Waals surface area contributed by atoms with Gasteiger partial charge in [-0.25, -0.2) is 4.79 Å². The normalized spacial score (nSPS) is 20.8. The van der Waals surface area contributed by atoms with E-state index in [2.05, 4.69) is 10.3 Å². The Kier molecular flexibility index (Phi) is 7.53. The van der Waals surface area contributed by atoms with E-state index in [1.807, 2.05) is 38.1 Å². The number of hydrogen-bond donors (Lipinski definition) is 0. The molecule has 1 saturated heterocycles. The molecule has 182 valence electrons. The number of hydrogen-bond acceptors (Lipinski definition) is 7. The lowest BCUT2D eigenvalue weighted by Gasteiger charge is -2.20. The lowest BCUT2D eigenvalue weighted by atomic mass is 10.0. The number of ether oxygens (including phenoxy) is 2. The van der Waals surface area contributed by atoms with Crippen molar-refractivity contribution in [3.05, 3.63) is 63.1 Å².